The van der Waals surface area contributed by atoms with Crippen molar-refractivity contribution in [3.8, 4) is 50.9 Å². The van der Waals surface area contributed by atoms with Gasteiger partial charge >= 0.3 is 0 Å². The zero-order chi connectivity index (χ0) is 38.4. The van der Waals surface area contributed by atoms with Gasteiger partial charge in [-0.25, -0.2) is 9.37 Å². The maximum atomic E-state index is 13.9. The number of anilines is 1. The van der Waals surface area contributed by atoms with E-state index in [1.54, 1.807) is 24.1 Å². The van der Waals surface area contributed by atoms with Crippen LogP contribution >= 0.6 is 0 Å². The normalized spacial score (nSPS) is 16.6. The minimum absolute atomic E-state index is 0.00428. The molecule has 2 saturated heterocycles. The highest BCUT2D eigenvalue weighted by Crippen LogP contribution is 2.36. The summed E-state index contributed by atoms with van der Waals surface area (Å²) in [4.78, 5) is 32.1. The molecule has 282 valence electrons. The number of pyridine rings is 2. The first-order chi connectivity index (χ1) is 26.7. The molecular weight excluding hydrogens is 703 g/mol. The molecule has 1 atom stereocenters. The molecule has 0 spiro atoms. The largest absolute Gasteiger partial charge is 0.493 e. The monoisotopic (exact) mass is 744 g/mol. The number of ether oxygens (including phenoxy) is 5. The van der Waals surface area contributed by atoms with Gasteiger partial charge in [0.1, 0.15) is 24.3 Å². The van der Waals surface area contributed by atoms with Crippen molar-refractivity contribution < 1.29 is 32.9 Å². The molecule has 0 radical (unpaired) electrons. The summed E-state index contributed by atoms with van der Waals surface area (Å²) in [6.07, 6.45) is 5.75. The molecule has 12 heteroatoms. The fourth-order valence-electron chi connectivity index (χ4n) is 6.90. The number of nitrogens with two attached hydrogens (primary N) is 1. The molecule has 55 heavy (non-hydrogen) atoms. The molecule has 2 aromatic heterocycles. The van der Waals surface area contributed by atoms with Gasteiger partial charge in [0.2, 0.25) is 0 Å². The molecule has 0 aliphatic carbocycles. The van der Waals surface area contributed by atoms with E-state index in [2.05, 4.69) is 11.1 Å². The van der Waals surface area contributed by atoms with Crippen LogP contribution in [0.5, 0.6) is 11.5 Å². The van der Waals surface area contributed by atoms with Crippen molar-refractivity contribution in [2.75, 3.05) is 52.5 Å². The lowest BCUT2D eigenvalue weighted by molar-refractivity contribution is -0.101. The molecule has 11 nitrogen and oxygen atoms in total. The van der Waals surface area contributed by atoms with E-state index < -0.39 is 16.7 Å². The third kappa shape index (κ3) is 8.60. The van der Waals surface area contributed by atoms with E-state index in [-0.39, 0.29) is 36.0 Å². The van der Waals surface area contributed by atoms with Crippen LogP contribution in [0.2, 0.25) is 0 Å². The average Bonchev–Trinajstić information content (AvgIpc) is 3.22. The van der Waals surface area contributed by atoms with Gasteiger partial charge in [0.05, 0.1) is 44.0 Å². The SMILES string of the molecule is COc1cc(-c2cnc(N)c(-c3ccc(CC(=O)c4cn(CC5(C#N)CCOCC5)cc(-c5ccc(F)cc5)c4=O)cc3)c2)ccc1OC[C@H]1COCCO1. The molecule has 0 unspecified atom stereocenters. The van der Waals surface area contributed by atoms with Gasteiger partial charge in [-0.1, -0.05) is 42.5 Å². The number of nitrogens with zero attached hydrogens (tertiary/aromatic N) is 3. The molecule has 0 bridgehead atoms. The number of methoxy groups -OCH3 is 1. The quantitative estimate of drug-likeness (QED) is 0.140. The number of hydrogen-bond acceptors (Lipinski definition) is 10. The summed E-state index contributed by atoms with van der Waals surface area (Å²) in [6.45, 7) is 3.13. The summed E-state index contributed by atoms with van der Waals surface area (Å²) in [6, 6.07) is 23.0. The van der Waals surface area contributed by atoms with Crippen LogP contribution < -0.4 is 20.6 Å². The smallest absolute Gasteiger partial charge is 0.200 e. The summed E-state index contributed by atoms with van der Waals surface area (Å²) in [5, 5.41) is 10.1. The molecule has 2 fully saturated rings. The Bertz CT molecular complexity index is 2260. The molecule has 2 N–H and O–H groups in total. The van der Waals surface area contributed by atoms with E-state index in [9.17, 15) is 19.2 Å². The first kappa shape index (κ1) is 37.4. The summed E-state index contributed by atoms with van der Waals surface area (Å²) in [5.41, 5.74) is 9.78. The molecule has 7 rings (SSSR count). The Morgan fingerprint density at radius 3 is 2.36 bits per heavy atom. The number of benzene rings is 3. The van der Waals surface area contributed by atoms with E-state index >= 15 is 0 Å². The van der Waals surface area contributed by atoms with Gasteiger partial charge in [-0.2, -0.15) is 5.26 Å². The maximum Gasteiger partial charge on any atom is 0.200 e. The Labute approximate surface area is 318 Å². The van der Waals surface area contributed by atoms with Gasteiger partial charge in [-0.15, -0.1) is 0 Å². The van der Waals surface area contributed by atoms with Crippen LogP contribution in [0.4, 0.5) is 10.2 Å². The topological polar surface area (TPSA) is 148 Å². The van der Waals surface area contributed by atoms with E-state index in [1.807, 2.05) is 48.5 Å². The van der Waals surface area contributed by atoms with Crippen LogP contribution in [0.25, 0.3) is 33.4 Å². The van der Waals surface area contributed by atoms with Gasteiger partial charge in [0, 0.05) is 61.5 Å². The van der Waals surface area contributed by atoms with Crippen molar-refractivity contribution in [2.45, 2.75) is 31.9 Å². The van der Waals surface area contributed by atoms with Gasteiger partial charge in [0.25, 0.3) is 0 Å². The number of nitriles is 1. The number of rotatable bonds is 12. The highest BCUT2D eigenvalue weighted by Gasteiger charge is 2.33. The lowest BCUT2D eigenvalue weighted by Gasteiger charge is -2.31. The minimum atomic E-state index is -0.707. The third-order valence-corrected chi connectivity index (χ3v) is 10.1. The van der Waals surface area contributed by atoms with E-state index in [0.29, 0.717) is 86.5 Å². The Hall–Kier alpha value is -5.87. The zero-order valence-corrected chi connectivity index (χ0v) is 30.5. The lowest BCUT2D eigenvalue weighted by atomic mass is 9.81. The van der Waals surface area contributed by atoms with Crippen molar-refractivity contribution in [1.29, 1.82) is 5.26 Å². The number of nitrogen functional groups attached to an aromatic ring is 1. The standard InChI is InChI=1S/C43H41FN4O7/c1-51-40-20-31(8-11-39(40)55-25-34-24-53-16-17-54-34)32-19-35(42(46)47-21-32)29-4-2-28(3-5-29)18-38(49)37-23-48(27-43(26-45)12-14-52-15-13-43)22-36(41(37)50)30-6-9-33(44)10-7-30/h2-11,19-23,34H,12-18,24-25,27H2,1H3,(H2,46,47)/t34-/m1/s1. The fraction of sp³-hybridized carbons (Fsp3) is 0.302. The zero-order valence-electron chi connectivity index (χ0n) is 30.5. The number of carbonyl (C=O) groups excluding carboxylic acids is 1. The van der Waals surface area contributed by atoms with Crippen molar-refractivity contribution in [2.24, 2.45) is 5.41 Å². The number of ketones is 1. The second kappa shape index (κ2) is 16.7. The Balaban J connectivity index is 1.11. The fourth-order valence-corrected chi connectivity index (χ4v) is 6.90. The first-order valence-corrected chi connectivity index (χ1v) is 18.1. The predicted molar refractivity (Wildman–Crippen MR) is 204 cm³/mol. The van der Waals surface area contributed by atoms with Crippen LogP contribution in [-0.2, 0) is 27.2 Å². The molecule has 4 heterocycles. The molecule has 2 aliphatic rings. The molecule has 0 saturated carbocycles. The summed E-state index contributed by atoms with van der Waals surface area (Å²) in [5.74, 6) is 0.668. The lowest BCUT2D eigenvalue weighted by Crippen LogP contribution is -2.33. The van der Waals surface area contributed by atoms with Crippen molar-refractivity contribution in [3.05, 3.63) is 119 Å². The molecule has 2 aliphatic heterocycles. The summed E-state index contributed by atoms with van der Waals surface area (Å²) >= 11 is 0. The van der Waals surface area contributed by atoms with Crippen molar-refractivity contribution >= 4 is 11.6 Å². The van der Waals surface area contributed by atoms with Crippen LogP contribution in [0.15, 0.2) is 96.2 Å². The second-order valence-corrected chi connectivity index (χ2v) is 13.8. The predicted octanol–water partition coefficient (Wildman–Crippen LogP) is 6.51. The van der Waals surface area contributed by atoms with Gasteiger partial charge in [-0.05, 0) is 65.4 Å². The molecule has 0 amide bonds. The Morgan fingerprint density at radius 1 is 0.927 bits per heavy atom. The van der Waals surface area contributed by atoms with Crippen molar-refractivity contribution in [3.63, 3.8) is 0 Å². The minimum Gasteiger partial charge on any atom is -0.493 e. The van der Waals surface area contributed by atoms with E-state index in [0.717, 1.165) is 16.7 Å². The molecule has 3 aromatic carbocycles. The van der Waals surface area contributed by atoms with E-state index in [1.165, 1.54) is 30.5 Å². The molecule has 5 aromatic rings. The average molecular weight is 745 g/mol. The van der Waals surface area contributed by atoms with Crippen LogP contribution in [0.1, 0.15) is 28.8 Å². The third-order valence-electron chi connectivity index (χ3n) is 10.1. The number of carbonyl (C=O) groups is 1. The molecular formula is C43H41FN4O7. The van der Waals surface area contributed by atoms with Crippen LogP contribution in [0, 0.1) is 22.6 Å². The number of hydrogen-bond donors (Lipinski definition) is 1. The van der Waals surface area contributed by atoms with Gasteiger partial charge < -0.3 is 34.0 Å². The number of Topliss-reactive ketones (excluding diaryl/α,β-unsaturated/α-hetero) is 1. The van der Waals surface area contributed by atoms with Crippen molar-refractivity contribution in [1.82, 2.24) is 9.55 Å². The summed E-state index contributed by atoms with van der Waals surface area (Å²) in [7, 11) is 1.58. The number of aromatic nitrogens is 2. The Kier molecular flexibility index (Phi) is 11.3. The Morgan fingerprint density at radius 2 is 1.65 bits per heavy atom. The number of halogens is 1. The van der Waals surface area contributed by atoms with Gasteiger partial charge in [-0.3, -0.25) is 9.59 Å². The van der Waals surface area contributed by atoms with Crippen LogP contribution in [0.3, 0.4) is 0 Å². The highest BCUT2D eigenvalue weighted by molar-refractivity contribution is 5.98. The van der Waals surface area contributed by atoms with Gasteiger partial charge in [0.15, 0.2) is 22.7 Å². The van der Waals surface area contributed by atoms with Crippen LogP contribution in [-0.4, -0.2) is 68.2 Å². The second-order valence-electron chi connectivity index (χ2n) is 13.8. The van der Waals surface area contributed by atoms with E-state index in [4.69, 9.17) is 29.4 Å². The maximum absolute atomic E-state index is 13.9. The summed E-state index contributed by atoms with van der Waals surface area (Å²) < 4.78 is 43.8. The first-order valence-electron chi connectivity index (χ1n) is 18.1. The highest BCUT2D eigenvalue weighted by atomic mass is 19.1.